The molecule has 11 nitrogen and oxygen atoms in total. The van der Waals surface area contributed by atoms with Crippen molar-refractivity contribution in [3.05, 3.63) is 59.8 Å². The number of rotatable bonds is 6. The average molecular weight is 518 g/mol. The monoisotopic (exact) mass is 517 g/mol. The Bertz CT molecular complexity index is 1360. The number of nitrogens with zero attached hydrogens (tertiary/aromatic N) is 6. The van der Waals surface area contributed by atoms with Gasteiger partial charge in [0.25, 0.3) is 11.8 Å². The number of fused-ring (bicyclic) bond motifs is 2. The van der Waals surface area contributed by atoms with Crippen LogP contribution in [-0.4, -0.2) is 97.2 Å². The highest BCUT2D eigenvalue weighted by Crippen LogP contribution is 2.38. The number of carbonyl (C=O) groups excluding carboxylic acids is 2. The summed E-state index contributed by atoms with van der Waals surface area (Å²) in [4.78, 5) is 42.7. The quantitative estimate of drug-likeness (QED) is 0.508. The smallest absolute Gasteiger partial charge is 0.260 e. The number of nitrogens with one attached hydrogen (secondary N) is 1. The Labute approximate surface area is 221 Å². The number of ether oxygens (including phenoxy) is 1. The molecule has 0 radical (unpaired) electrons. The van der Waals surface area contributed by atoms with Gasteiger partial charge >= 0.3 is 0 Å². The maximum absolute atomic E-state index is 13.1. The van der Waals surface area contributed by atoms with Crippen molar-refractivity contribution < 1.29 is 19.4 Å². The summed E-state index contributed by atoms with van der Waals surface area (Å²) >= 11 is 0. The van der Waals surface area contributed by atoms with E-state index in [0.29, 0.717) is 59.7 Å². The van der Waals surface area contributed by atoms with E-state index in [1.807, 2.05) is 35.0 Å². The number of methoxy groups -OCH3 is 1. The van der Waals surface area contributed by atoms with Crippen molar-refractivity contribution in [1.82, 2.24) is 19.8 Å². The first-order valence-electron chi connectivity index (χ1n) is 12.5. The number of carbonyl (C=O) groups is 2. The highest BCUT2D eigenvalue weighted by molar-refractivity contribution is 6.13. The van der Waals surface area contributed by atoms with Crippen molar-refractivity contribution in [2.24, 2.45) is 0 Å². The largest absolute Gasteiger partial charge is 0.495 e. The zero-order chi connectivity index (χ0) is 26.8. The van der Waals surface area contributed by atoms with Gasteiger partial charge in [0.1, 0.15) is 11.4 Å². The first-order valence-corrected chi connectivity index (χ1v) is 12.5. The van der Waals surface area contributed by atoms with E-state index in [-0.39, 0.29) is 18.4 Å². The van der Waals surface area contributed by atoms with E-state index in [9.17, 15) is 9.59 Å². The van der Waals surface area contributed by atoms with Gasteiger partial charge in [0.2, 0.25) is 5.95 Å². The van der Waals surface area contributed by atoms with Crippen LogP contribution in [-0.2, 0) is 0 Å². The Hall–Kier alpha value is -4.22. The van der Waals surface area contributed by atoms with E-state index in [1.165, 1.54) is 0 Å². The Balaban J connectivity index is 1.38. The van der Waals surface area contributed by atoms with Crippen molar-refractivity contribution in [1.29, 1.82) is 0 Å². The van der Waals surface area contributed by atoms with Gasteiger partial charge in [0.05, 0.1) is 36.9 Å². The summed E-state index contributed by atoms with van der Waals surface area (Å²) in [6.07, 6.45) is 1.62. The number of aliphatic hydroxyl groups excluding tert-OH is 1. The van der Waals surface area contributed by atoms with Crippen LogP contribution in [0.25, 0.3) is 0 Å². The minimum absolute atomic E-state index is 0.0622. The lowest BCUT2D eigenvalue weighted by molar-refractivity contribution is 0.0614. The minimum atomic E-state index is -0.132. The lowest BCUT2D eigenvalue weighted by atomic mass is 10.1. The van der Waals surface area contributed by atoms with Crippen LogP contribution in [0.15, 0.2) is 48.7 Å². The van der Waals surface area contributed by atoms with Crippen molar-refractivity contribution in [3.63, 3.8) is 0 Å². The van der Waals surface area contributed by atoms with Gasteiger partial charge in [-0.3, -0.25) is 14.5 Å². The molecule has 0 atom stereocenters. The van der Waals surface area contributed by atoms with Crippen molar-refractivity contribution in [2.75, 3.05) is 75.7 Å². The summed E-state index contributed by atoms with van der Waals surface area (Å²) in [6, 6.07) is 12.6. The number of piperazine rings is 1. The second-order valence-electron chi connectivity index (χ2n) is 9.24. The molecule has 2 aliphatic rings. The molecule has 38 heavy (non-hydrogen) atoms. The van der Waals surface area contributed by atoms with Crippen LogP contribution in [0.3, 0.4) is 0 Å². The fraction of sp³-hybridized carbons (Fsp3) is 0.333. The topological polar surface area (TPSA) is 114 Å². The number of β-amino-alcohol motifs (C(OH)–C–C–N with tert-alkyl or cyclic N) is 1. The molecule has 0 unspecified atom stereocenters. The molecule has 1 fully saturated rings. The van der Waals surface area contributed by atoms with Crippen LogP contribution in [0.4, 0.5) is 28.8 Å². The molecule has 0 spiro atoms. The number of aliphatic hydroxyl groups is 1. The van der Waals surface area contributed by atoms with Crippen LogP contribution in [0, 0.1) is 0 Å². The van der Waals surface area contributed by atoms with Gasteiger partial charge in [-0.2, -0.15) is 4.98 Å². The summed E-state index contributed by atoms with van der Waals surface area (Å²) in [5.74, 6) is 1.20. The summed E-state index contributed by atoms with van der Waals surface area (Å²) in [5.41, 5.74) is 3.07. The van der Waals surface area contributed by atoms with Gasteiger partial charge in [-0.25, -0.2) is 4.98 Å². The number of para-hydroxylation sites is 1. The van der Waals surface area contributed by atoms with Gasteiger partial charge in [-0.05, 0) is 30.3 Å². The summed E-state index contributed by atoms with van der Waals surface area (Å²) in [6.45, 7) is 3.42. The molecule has 5 rings (SSSR count). The molecule has 0 aliphatic carbocycles. The van der Waals surface area contributed by atoms with Crippen LogP contribution >= 0.6 is 0 Å². The molecule has 0 saturated carbocycles. The van der Waals surface area contributed by atoms with E-state index in [4.69, 9.17) is 14.8 Å². The molecular weight excluding hydrogens is 486 g/mol. The number of amides is 2. The van der Waals surface area contributed by atoms with Crippen LogP contribution in [0.5, 0.6) is 5.75 Å². The summed E-state index contributed by atoms with van der Waals surface area (Å²) in [5, 5.41) is 12.3. The standard InChI is InChI=1S/C27H31N7O4/c1-31-21-7-5-4-6-19(21)26(37)32(2)22-17-28-27(30-24(22)31)29-20-9-8-18(16-23(20)38-3)25(36)34-12-10-33(11-13-34)14-15-35/h4-9,16-17,35H,10-15H2,1-3H3,(H,28,29,30). The minimum Gasteiger partial charge on any atom is -0.495 e. The first kappa shape index (κ1) is 25.4. The molecule has 11 heteroatoms. The third kappa shape index (κ3) is 4.73. The first-order chi connectivity index (χ1) is 18.4. The van der Waals surface area contributed by atoms with E-state index >= 15 is 0 Å². The average Bonchev–Trinajstić information content (AvgIpc) is 3.03. The molecule has 2 amide bonds. The molecule has 3 aromatic rings. The van der Waals surface area contributed by atoms with E-state index < -0.39 is 0 Å². The Kier molecular flexibility index (Phi) is 7.12. The molecule has 1 saturated heterocycles. The van der Waals surface area contributed by atoms with Crippen molar-refractivity contribution >= 4 is 40.6 Å². The predicted octanol–water partition coefficient (Wildman–Crippen LogP) is 2.34. The molecule has 0 bridgehead atoms. The highest BCUT2D eigenvalue weighted by atomic mass is 16.5. The second-order valence-corrected chi connectivity index (χ2v) is 9.24. The Morgan fingerprint density at radius 2 is 1.82 bits per heavy atom. The maximum atomic E-state index is 13.1. The van der Waals surface area contributed by atoms with E-state index in [2.05, 4.69) is 15.2 Å². The normalized spacial score (nSPS) is 15.6. The molecule has 198 valence electrons. The number of hydrogen-bond acceptors (Lipinski definition) is 9. The third-order valence-electron chi connectivity index (χ3n) is 7.00. The van der Waals surface area contributed by atoms with E-state index in [0.717, 1.165) is 18.8 Å². The van der Waals surface area contributed by atoms with Crippen molar-refractivity contribution in [3.8, 4) is 5.75 Å². The third-order valence-corrected chi connectivity index (χ3v) is 7.00. The number of aromatic nitrogens is 2. The van der Waals surface area contributed by atoms with Gasteiger partial charge in [0, 0.05) is 52.4 Å². The van der Waals surface area contributed by atoms with Crippen LogP contribution in [0.1, 0.15) is 20.7 Å². The zero-order valence-corrected chi connectivity index (χ0v) is 21.7. The van der Waals surface area contributed by atoms with Gasteiger partial charge in [-0.15, -0.1) is 0 Å². The number of anilines is 5. The SMILES string of the molecule is COc1cc(C(=O)N2CCN(CCO)CC2)ccc1Nc1ncc2c(n1)N(C)c1ccccc1C(=O)N2C. The van der Waals surface area contributed by atoms with Gasteiger partial charge in [0.15, 0.2) is 5.82 Å². The maximum Gasteiger partial charge on any atom is 0.260 e. The highest BCUT2D eigenvalue weighted by Gasteiger charge is 2.29. The predicted molar refractivity (Wildman–Crippen MR) is 145 cm³/mol. The molecule has 2 aliphatic heterocycles. The lowest BCUT2D eigenvalue weighted by Gasteiger charge is -2.34. The molecule has 2 N–H and O–H groups in total. The summed E-state index contributed by atoms with van der Waals surface area (Å²) in [7, 11) is 5.12. The van der Waals surface area contributed by atoms with Gasteiger partial charge < -0.3 is 29.9 Å². The van der Waals surface area contributed by atoms with Gasteiger partial charge in [-0.1, -0.05) is 12.1 Å². The van der Waals surface area contributed by atoms with Crippen molar-refractivity contribution in [2.45, 2.75) is 0 Å². The molecular formula is C27H31N7O4. The second kappa shape index (κ2) is 10.6. The zero-order valence-electron chi connectivity index (χ0n) is 21.7. The fourth-order valence-corrected chi connectivity index (χ4v) is 4.81. The number of hydrogen-bond donors (Lipinski definition) is 2. The molecule has 1 aromatic heterocycles. The Morgan fingerprint density at radius 3 is 2.55 bits per heavy atom. The number of benzene rings is 2. The molecule has 2 aromatic carbocycles. The molecule has 3 heterocycles. The van der Waals surface area contributed by atoms with Crippen LogP contribution in [0.2, 0.25) is 0 Å². The fourth-order valence-electron chi connectivity index (χ4n) is 4.81. The van der Waals surface area contributed by atoms with E-state index in [1.54, 1.807) is 49.5 Å². The summed E-state index contributed by atoms with van der Waals surface area (Å²) < 4.78 is 5.59. The lowest BCUT2D eigenvalue weighted by Crippen LogP contribution is -2.49. The Morgan fingerprint density at radius 1 is 1.05 bits per heavy atom. The van der Waals surface area contributed by atoms with Crippen LogP contribution < -0.4 is 19.9 Å².